The van der Waals surface area contributed by atoms with Crippen LogP contribution in [-0.2, 0) is 0 Å². The summed E-state index contributed by atoms with van der Waals surface area (Å²) in [4.78, 5) is 4.57. The van der Waals surface area contributed by atoms with E-state index in [1.54, 1.807) is 0 Å². The van der Waals surface area contributed by atoms with Crippen molar-refractivity contribution in [3.05, 3.63) is 218 Å². The van der Waals surface area contributed by atoms with E-state index >= 15 is 0 Å². The van der Waals surface area contributed by atoms with E-state index in [9.17, 15) is 0 Å². The number of rotatable bonds is 6. The molecular weight excluding hydrogens is 849 g/mol. The summed E-state index contributed by atoms with van der Waals surface area (Å²) >= 11 is 0. The fraction of sp³-hybridized carbons (Fsp3) is 0.0159. The molecule has 11 aromatic carbocycles. The third kappa shape index (κ3) is 5.66. The number of nitrogens with zero attached hydrogens (tertiary/aromatic N) is 2. The van der Waals surface area contributed by atoms with E-state index in [0.29, 0.717) is 0 Å². The molecule has 0 radical (unpaired) electrons. The number of hydrogen-bond donors (Lipinski definition) is 0. The molecule has 69 heavy (non-hydrogen) atoms. The van der Waals surface area contributed by atoms with Gasteiger partial charge < -0.3 is 27.5 Å². The van der Waals surface area contributed by atoms with Gasteiger partial charge in [0, 0.05) is 65.8 Å². The van der Waals surface area contributed by atoms with Crippen molar-refractivity contribution in [2.45, 2.75) is 6.92 Å². The Balaban J connectivity index is 0.878. The Morgan fingerprint density at radius 1 is 0.275 bits per heavy atom. The van der Waals surface area contributed by atoms with Crippen molar-refractivity contribution >= 4 is 143 Å². The second kappa shape index (κ2) is 14.4. The van der Waals surface area contributed by atoms with Crippen LogP contribution in [0.2, 0.25) is 0 Å². The topological polar surface area (TPSA) is 59.0 Å². The van der Waals surface area contributed by atoms with E-state index in [0.717, 1.165) is 149 Å². The average molecular weight is 887 g/mol. The normalized spacial score (nSPS) is 12.1. The summed E-state index contributed by atoms with van der Waals surface area (Å²) in [6.07, 6.45) is 0. The van der Waals surface area contributed by atoms with Gasteiger partial charge in [0.15, 0.2) is 11.2 Å². The van der Waals surface area contributed by atoms with Crippen LogP contribution in [0, 0.1) is 6.92 Å². The fourth-order valence-electron chi connectivity index (χ4n) is 10.9. The van der Waals surface area contributed by atoms with Crippen LogP contribution in [0.25, 0.3) is 109 Å². The van der Waals surface area contributed by atoms with Crippen LogP contribution in [0.1, 0.15) is 5.56 Å². The Labute approximate surface area is 394 Å². The number of furan rings is 4. The molecule has 0 N–H and O–H groups in total. The molecule has 0 aliphatic heterocycles. The lowest BCUT2D eigenvalue weighted by atomic mass is 9.99. The van der Waals surface area contributed by atoms with Gasteiger partial charge in [-0.2, -0.15) is 0 Å². The van der Waals surface area contributed by atoms with Crippen LogP contribution in [0.4, 0.5) is 34.1 Å². The monoisotopic (exact) mass is 886 g/mol. The highest BCUT2D eigenvalue weighted by atomic mass is 16.3. The third-order valence-corrected chi connectivity index (χ3v) is 14.0. The van der Waals surface area contributed by atoms with E-state index < -0.39 is 0 Å². The van der Waals surface area contributed by atoms with Crippen molar-refractivity contribution in [2.75, 3.05) is 9.80 Å². The number of anilines is 6. The largest absolute Gasteiger partial charge is 0.456 e. The van der Waals surface area contributed by atoms with Crippen LogP contribution >= 0.6 is 0 Å². The second-order valence-corrected chi connectivity index (χ2v) is 18.1. The van der Waals surface area contributed by atoms with Crippen LogP contribution in [0.3, 0.4) is 0 Å². The van der Waals surface area contributed by atoms with Crippen LogP contribution < -0.4 is 9.80 Å². The predicted octanol–water partition coefficient (Wildman–Crippen LogP) is 18.8. The lowest BCUT2D eigenvalue weighted by molar-refractivity contribution is 0.660. The number of fused-ring (bicyclic) bond motifs is 15. The Hall–Kier alpha value is -9.26. The summed E-state index contributed by atoms with van der Waals surface area (Å²) < 4.78 is 26.8. The minimum Gasteiger partial charge on any atom is -0.456 e. The molecule has 4 aromatic heterocycles. The molecule has 324 valence electrons. The number of benzene rings is 11. The van der Waals surface area contributed by atoms with Gasteiger partial charge in [0.1, 0.15) is 33.5 Å². The molecule has 0 saturated carbocycles. The van der Waals surface area contributed by atoms with Crippen molar-refractivity contribution in [1.29, 1.82) is 0 Å². The first kappa shape index (κ1) is 37.9. The summed E-state index contributed by atoms with van der Waals surface area (Å²) in [5.41, 5.74) is 13.9. The Kier molecular flexibility index (Phi) is 7.89. The average Bonchev–Trinajstić information content (AvgIpc) is 4.16. The molecule has 0 bridgehead atoms. The molecule has 15 rings (SSSR count). The van der Waals surface area contributed by atoms with Gasteiger partial charge in [-0.25, -0.2) is 0 Å². The number of hydrogen-bond acceptors (Lipinski definition) is 6. The van der Waals surface area contributed by atoms with E-state index in [2.05, 4.69) is 205 Å². The third-order valence-electron chi connectivity index (χ3n) is 14.0. The Morgan fingerprint density at radius 3 is 1.29 bits per heavy atom. The number of aryl methyl sites for hydroxylation is 1. The lowest BCUT2D eigenvalue weighted by Crippen LogP contribution is -2.10. The van der Waals surface area contributed by atoms with E-state index in [1.165, 1.54) is 0 Å². The summed E-state index contributed by atoms with van der Waals surface area (Å²) in [7, 11) is 0. The lowest BCUT2D eigenvalue weighted by Gasteiger charge is -2.25. The highest BCUT2D eigenvalue weighted by Gasteiger charge is 2.24. The molecule has 0 atom stereocenters. The highest BCUT2D eigenvalue weighted by molar-refractivity contribution is 6.28. The summed E-state index contributed by atoms with van der Waals surface area (Å²) in [6.45, 7) is 2.11. The molecule has 6 heteroatoms. The van der Waals surface area contributed by atoms with Gasteiger partial charge in [-0.1, -0.05) is 109 Å². The molecule has 0 saturated heterocycles. The van der Waals surface area contributed by atoms with Gasteiger partial charge in [-0.15, -0.1) is 0 Å². The summed E-state index contributed by atoms with van der Waals surface area (Å²) in [5.74, 6) is 0. The fourth-order valence-corrected chi connectivity index (χ4v) is 10.9. The van der Waals surface area contributed by atoms with Crippen LogP contribution in [-0.4, -0.2) is 0 Å². The van der Waals surface area contributed by atoms with Gasteiger partial charge in [0.25, 0.3) is 0 Å². The first-order valence-electron chi connectivity index (χ1n) is 23.3. The van der Waals surface area contributed by atoms with Crippen molar-refractivity contribution in [1.82, 2.24) is 0 Å². The number of para-hydroxylation sites is 6. The first-order chi connectivity index (χ1) is 34.1. The van der Waals surface area contributed by atoms with Crippen molar-refractivity contribution in [2.24, 2.45) is 0 Å². The second-order valence-electron chi connectivity index (χ2n) is 18.1. The van der Waals surface area contributed by atoms with Gasteiger partial charge in [-0.3, -0.25) is 0 Å². The predicted molar refractivity (Wildman–Crippen MR) is 285 cm³/mol. The van der Waals surface area contributed by atoms with Gasteiger partial charge in [-0.05, 0) is 137 Å². The molecule has 0 spiro atoms. The minimum absolute atomic E-state index is 0.826. The van der Waals surface area contributed by atoms with Crippen LogP contribution in [0.5, 0.6) is 0 Å². The molecule has 6 nitrogen and oxygen atoms in total. The maximum Gasteiger partial charge on any atom is 0.159 e. The molecule has 4 heterocycles. The highest BCUT2D eigenvalue weighted by Crippen LogP contribution is 2.48. The zero-order chi connectivity index (χ0) is 45.3. The zero-order valence-corrected chi connectivity index (χ0v) is 37.2. The minimum atomic E-state index is 0.826. The first-order valence-corrected chi connectivity index (χ1v) is 23.3. The van der Waals surface area contributed by atoms with E-state index in [4.69, 9.17) is 17.7 Å². The summed E-state index contributed by atoms with van der Waals surface area (Å²) in [5, 5.41) is 13.0. The maximum atomic E-state index is 6.86. The van der Waals surface area contributed by atoms with Crippen LogP contribution in [0.15, 0.2) is 230 Å². The quantitative estimate of drug-likeness (QED) is 0.166. The SMILES string of the molecule is Cc1cc2oc3cc4cc(N(c5ccccc5)c5cccc6c5oc5ccccc56)ccc4cc3c2c2c1oc1cc3cc(N(c4ccccc4)c4cccc5c4oc4ccccc45)ccc3cc12. The summed E-state index contributed by atoms with van der Waals surface area (Å²) in [6, 6.07) is 74.6. The maximum absolute atomic E-state index is 6.86. The van der Waals surface area contributed by atoms with Crippen molar-refractivity contribution in [3.63, 3.8) is 0 Å². The molecule has 0 unspecified atom stereocenters. The van der Waals surface area contributed by atoms with E-state index in [1.807, 2.05) is 24.3 Å². The van der Waals surface area contributed by atoms with Gasteiger partial charge >= 0.3 is 0 Å². The standard InChI is InChI=1S/C63H38N2O4/c1-37-30-58-59(50-33-38-26-28-44(31-40(38)35-56(50)66-58)64(42-14-4-2-5-15-42)52-22-12-20-48-46-18-8-10-24-54(46)67-62(48)52)60-51-34-39-27-29-45(32-41(39)36-57(51)69-61(37)60)65(43-16-6-3-7-17-43)53-23-13-21-49-47-19-9-11-25-55(47)68-63(49)53/h2-36H,1H3. The smallest absolute Gasteiger partial charge is 0.159 e. The van der Waals surface area contributed by atoms with Gasteiger partial charge in [0.2, 0.25) is 0 Å². The molecule has 0 aliphatic rings. The van der Waals surface area contributed by atoms with Crippen molar-refractivity contribution < 1.29 is 17.7 Å². The zero-order valence-electron chi connectivity index (χ0n) is 37.2. The molecule has 15 aromatic rings. The van der Waals surface area contributed by atoms with E-state index in [-0.39, 0.29) is 0 Å². The molecule has 0 fully saturated rings. The van der Waals surface area contributed by atoms with Gasteiger partial charge in [0.05, 0.1) is 11.4 Å². The molecule has 0 amide bonds. The van der Waals surface area contributed by atoms with Crippen molar-refractivity contribution in [3.8, 4) is 0 Å². The Bertz CT molecular complexity index is 4580. The Morgan fingerprint density at radius 2 is 0.739 bits per heavy atom. The molecule has 0 aliphatic carbocycles. The molecular formula is C63H38N2O4.